The van der Waals surface area contributed by atoms with Crippen LogP contribution >= 0.6 is 0 Å². The molecule has 3 N–H and O–H groups in total. The highest BCUT2D eigenvalue weighted by atomic mass is 16.6. The summed E-state index contributed by atoms with van der Waals surface area (Å²) in [4.78, 5) is 73.2. The van der Waals surface area contributed by atoms with Gasteiger partial charge in [0.25, 0.3) is 23.4 Å². The molecule has 1 aromatic heterocycles. The summed E-state index contributed by atoms with van der Waals surface area (Å²) < 4.78 is 0. The van der Waals surface area contributed by atoms with Gasteiger partial charge in [0.05, 0.1) is 27.0 Å². The molecule has 51 heavy (non-hydrogen) atoms. The number of hydrogen-bond acceptors (Lipinski definition) is 9. The molecule has 0 saturated heterocycles. The van der Waals surface area contributed by atoms with Crippen molar-refractivity contribution in [3.05, 3.63) is 104 Å². The summed E-state index contributed by atoms with van der Waals surface area (Å²) in [6, 6.07) is 18.4. The van der Waals surface area contributed by atoms with E-state index in [2.05, 4.69) is 25.4 Å². The van der Waals surface area contributed by atoms with E-state index < -0.39 is 16.7 Å². The largest absolute Gasteiger partial charge is 0.384 e. The van der Waals surface area contributed by atoms with Crippen molar-refractivity contribution in [2.24, 2.45) is 0 Å². The van der Waals surface area contributed by atoms with Gasteiger partial charge in [-0.25, -0.2) is 0 Å². The Balaban J connectivity index is 1.07. The molecular weight excluding hydrogens is 650 g/mol. The fourth-order valence-corrected chi connectivity index (χ4v) is 6.69. The number of nitrogens with one attached hydrogen (secondary N) is 3. The molecule has 2 heterocycles. The molecule has 1 aliphatic rings. The number of carbonyl (C=O) groups is 3. The maximum Gasteiger partial charge on any atom is 0.270 e. The molecule has 1 aliphatic heterocycles. The number of amides is 3. The van der Waals surface area contributed by atoms with Gasteiger partial charge in [0, 0.05) is 59.3 Å². The van der Waals surface area contributed by atoms with Crippen LogP contribution in [-0.2, 0) is 0 Å². The summed E-state index contributed by atoms with van der Waals surface area (Å²) in [6.45, 7) is 3.41. The highest BCUT2D eigenvalue weighted by molar-refractivity contribution is 6.25. The van der Waals surface area contributed by atoms with Crippen LogP contribution in [0.5, 0.6) is 0 Å². The van der Waals surface area contributed by atoms with Gasteiger partial charge in [0.2, 0.25) is 0 Å². The smallest absolute Gasteiger partial charge is 0.270 e. The van der Waals surface area contributed by atoms with E-state index in [1.165, 1.54) is 17.0 Å². The molecule has 3 amide bonds. The monoisotopic (exact) mass is 691 g/mol. The first-order valence-corrected chi connectivity index (χ1v) is 17.1. The Labute approximate surface area is 294 Å². The normalized spacial score (nSPS) is 12.8. The van der Waals surface area contributed by atoms with Crippen molar-refractivity contribution in [3.8, 4) is 0 Å². The van der Waals surface area contributed by atoms with E-state index in [9.17, 15) is 29.3 Å². The Morgan fingerprint density at radius 2 is 1.59 bits per heavy atom. The van der Waals surface area contributed by atoms with Crippen LogP contribution in [0, 0.1) is 10.1 Å². The average Bonchev–Trinajstić information content (AvgIpc) is 3.11. The number of para-hydroxylation sites is 1. The Hall–Kier alpha value is -5.66. The van der Waals surface area contributed by atoms with E-state index in [1.54, 1.807) is 36.4 Å². The minimum atomic E-state index is -0.536. The molecule has 6 rings (SSSR count). The minimum Gasteiger partial charge on any atom is -0.384 e. The van der Waals surface area contributed by atoms with Crippen molar-refractivity contribution in [2.45, 2.75) is 19.3 Å². The number of aromatic nitrogens is 1. The first-order valence-electron chi connectivity index (χ1n) is 17.1. The molecule has 5 aromatic rings. The number of H-pyrrole nitrogens is 1. The Bertz CT molecular complexity index is 2230. The molecule has 0 spiro atoms. The fraction of sp³-hybridized carbons (Fsp3) is 0.316. The summed E-state index contributed by atoms with van der Waals surface area (Å²) in [5, 5.41) is 19.8. The lowest BCUT2D eigenvalue weighted by Gasteiger charge is -2.27. The van der Waals surface area contributed by atoms with Crippen LogP contribution < -0.4 is 16.1 Å². The lowest BCUT2D eigenvalue weighted by atomic mass is 9.93. The Morgan fingerprint density at radius 3 is 2.37 bits per heavy atom. The van der Waals surface area contributed by atoms with Gasteiger partial charge in [0.15, 0.2) is 5.43 Å². The highest BCUT2D eigenvalue weighted by Gasteiger charge is 2.34. The van der Waals surface area contributed by atoms with Crippen molar-refractivity contribution >= 4 is 61.7 Å². The van der Waals surface area contributed by atoms with Crippen molar-refractivity contribution in [2.75, 3.05) is 65.7 Å². The van der Waals surface area contributed by atoms with Crippen molar-refractivity contribution in [3.63, 3.8) is 0 Å². The SMILES string of the molecule is CN(C)CCCNC(=O)c1ccc(NCCCN(C)CCCN2C(=O)c3cccc4cc([N+](=O)[O-])cc(c34)C2=O)c2c(=O)c3ccccc3[nH]c12. The number of benzene rings is 4. The quantitative estimate of drug-likeness (QED) is 0.0459. The number of hydrogen-bond donors (Lipinski definition) is 3. The number of non-ortho nitro benzene ring substituents is 1. The predicted octanol–water partition coefficient (Wildman–Crippen LogP) is 4.84. The molecule has 4 aromatic carbocycles. The van der Waals surface area contributed by atoms with Gasteiger partial charge in [0.1, 0.15) is 0 Å². The molecule has 0 fully saturated rings. The van der Waals surface area contributed by atoms with E-state index in [4.69, 9.17) is 0 Å². The average molecular weight is 692 g/mol. The Morgan fingerprint density at radius 1 is 0.843 bits per heavy atom. The van der Waals surface area contributed by atoms with Crippen molar-refractivity contribution < 1.29 is 19.3 Å². The Kier molecular flexibility index (Phi) is 10.4. The van der Waals surface area contributed by atoms with Gasteiger partial charge >= 0.3 is 0 Å². The number of nitro groups is 1. The van der Waals surface area contributed by atoms with Crippen LogP contribution in [0.25, 0.3) is 32.6 Å². The lowest BCUT2D eigenvalue weighted by molar-refractivity contribution is -0.384. The topological polar surface area (TPSA) is 161 Å². The zero-order chi connectivity index (χ0) is 36.2. The van der Waals surface area contributed by atoms with Gasteiger partial charge < -0.3 is 25.4 Å². The molecule has 0 unspecified atom stereocenters. The summed E-state index contributed by atoms with van der Waals surface area (Å²) >= 11 is 0. The number of rotatable bonds is 15. The van der Waals surface area contributed by atoms with Crippen LogP contribution in [0.2, 0.25) is 0 Å². The van der Waals surface area contributed by atoms with Gasteiger partial charge in [-0.15, -0.1) is 0 Å². The number of fused-ring (bicyclic) bond motifs is 2. The molecule has 0 atom stereocenters. The van der Waals surface area contributed by atoms with Crippen LogP contribution in [0.4, 0.5) is 11.4 Å². The number of imide groups is 1. The zero-order valence-electron chi connectivity index (χ0n) is 29.0. The number of nitrogens with zero attached hydrogens (tertiary/aromatic N) is 4. The molecule has 264 valence electrons. The van der Waals surface area contributed by atoms with Gasteiger partial charge in [-0.3, -0.25) is 34.2 Å². The second-order valence-electron chi connectivity index (χ2n) is 13.2. The molecule has 13 heteroatoms. The summed E-state index contributed by atoms with van der Waals surface area (Å²) in [5.74, 6) is -1.17. The van der Waals surface area contributed by atoms with Crippen molar-refractivity contribution in [1.29, 1.82) is 0 Å². The fourth-order valence-electron chi connectivity index (χ4n) is 6.69. The number of carbonyl (C=O) groups excluding carboxylic acids is 3. The number of aromatic amines is 1. The van der Waals surface area contributed by atoms with Gasteiger partial charge in [-0.2, -0.15) is 0 Å². The number of pyridine rings is 1. The summed E-state index contributed by atoms with van der Waals surface area (Å²) in [7, 11) is 5.92. The summed E-state index contributed by atoms with van der Waals surface area (Å²) in [5.41, 5.74) is 2.38. The van der Waals surface area contributed by atoms with E-state index in [-0.39, 0.29) is 29.1 Å². The molecule has 0 aliphatic carbocycles. The highest BCUT2D eigenvalue weighted by Crippen LogP contribution is 2.33. The van der Waals surface area contributed by atoms with Crippen molar-refractivity contribution in [1.82, 2.24) is 25.0 Å². The van der Waals surface area contributed by atoms with E-state index in [0.29, 0.717) is 82.0 Å². The standard InChI is InChI=1S/C38H41N7O6/c1-42(2)18-7-17-40-36(47)28-14-15-31(33-34(28)41-30-13-5-4-11-26(30)35(33)46)39-16-8-19-43(3)20-9-21-44-37(48)27-12-6-10-24-22-25(45(50)51)23-29(32(24)27)38(44)49/h4-6,10-15,22-23,39H,7-9,16-21H2,1-3H3,(H,40,47)(H,41,46). The number of nitro benzene ring substituents is 1. The third-order valence-electron chi connectivity index (χ3n) is 9.25. The maximum atomic E-state index is 13.7. The molecule has 0 saturated carbocycles. The molecule has 13 nitrogen and oxygen atoms in total. The van der Waals surface area contributed by atoms with E-state index in [0.717, 1.165) is 19.4 Å². The zero-order valence-corrected chi connectivity index (χ0v) is 29.0. The van der Waals surface area contributed by atoms with E-state index in [1.807, 2.05) is 39.3 Å². The molecular formula is C38H41N7O6. The third kappa shape index (κ3) is 7.30. The predicted molar refractivity (Wildman–Crippen MR) is 199 cm³/mol. The third-order valence-corrected chi connectivity index (χ3v) is 9.25. The van der Waals surface area contributed by atoms with Crippen LogP contribution in [0.15, 0.2) is 71.5 Å². The first-order chi connectivity index (χ1) is 24.5. The van der Waals surface area contributed by atoms with Crippen LogP contribution in [-0.4, -0.2) is 103 Å². The molecule has 0 bridgehead atoms. The van der Waals surface area contributed by atoms with Gasteiger partial charge in [-0.05, 0) is 95.8 Å². The molecule has 0 radical (unpaired) electrons. The number of anilines is 1. The maximum absolute atomic E-state index is 13.7. The summed E-state index contributed by atoms with van der Waals surface area (Å²) in [6.07, 6.45) is 2.06. The second-order valence-corrected chi connectivity index (χ2v) is 13.2. The minimum absolute atomic E-state index is 0.156. The van der Waals surface area contributed by atoms with E-state index >= 15 is 0 Å². The van der Waals surface area contributed by atoms with Gasteiger partial charge in [-0.1, -0.05) is 24.3 Å². The lowest BCUT2D eigenvalue weighted by Crippen LogP contribution is -2.41. The van der Waals surface area contributed by atoms with Crippen LogP contribution in [0.3, 0.4) is 0 Å². The van der Waals surface area contributed by atoms with Crippen LogP contribution in [0.1, 0.15) is 50.3 Å². The first kappa shape index (κ1) is 35.2. The second kappa shape index (κ2) is 15.1.